The molecule has 9 heteroatoms. The normalized spacial score (nSPS) is 13.4. The summed E-state index contributed by atoms with van der Waals surface area (Å²) in [7, 11) is 1.59. The van der Waals surface area contributed by atoms with Crippen molar-refractivity contribution in [2.24, 2.45) is 0 Å². The molecule has 2 rings (SSSR count). The molecule has 0 saturated carbocycles. The number of likely N-dealkylation sites (N-methyl/N-ethyl adjacent to an activating group) is 1. The van der Waals surface area contributed by atoms with Crippen LogP contribution in [0.2, 0.25) is 0 Å². The summed E-state index contributed by atoms with van der Waals surface area (Å²) < 4.78 is 5.12. The van der Waals surface area contributed by atoms with Gasteiger partial charge in [-0.05, 0) is 32.5 Å². The molecule has 0 aliphatic rings. The van der Waals surface area contributed by atoms with Crippen molar-refractivity contribution >= 4 is 5.97 Å². The van der Waals surface area contributed by atoms with Gasteiger partial charge in [-0.1, -0.05) is 5.16 Å². The van der Waals surface area contributed by atoms with Crippen LogP contribution in [0.3, 0.4) is 0 Å². The van der Waals surface area contributed by atoms with E-state index in [0.29, 0.717) is 11.4 Å². The molecule has 0 amide bonds. The standard InChI is InChI=1S/C14H18N4O4.K/c1-9(19)6-11(14(20)21)18(2)8-12-16-13(17-22-12)10-4-3-5-15-7-10;/h3-5,7,9,11,19H,6,8H2,1-2H3,(H,20,21);/q;+1/p-1. The zero-order valence-electron chi connectivity index (χ0n) is 13.3. The van der Waals surface area contributed by atoms with Crippen molar-refractivity contribution in [2.75, 3.05) is 7.05 Å². The van der Waals surface area contributed by atoms with E-state index >= 15 is 0 Å². The second kappa shape index (κ2) is 9.57. The van der Waals surface area contributed by atoms with E-state index < -0.39 is 18.1 Å². The number of aliphatic hydroxyl groups excluding tert-OH is 1. The fourth-order valence-corrected chi connectivity index (χ4v) is 2.03. The first-order chi connectivity index (χ1) is 10.5. The molecule has 0 saturated heterocycles. The number of carboxylic acids is 1. The number of hydrogen-bond donors (Lipinski definition) is 1. The second-order valence-corrected chi connectivity index (χ2v) is 5.09. The van der Waals surface area contributed by atoms with E-state index in [9.17, 15) is 15.0 Å². The van der Waals surface area contributed by atoms with Gasteiger partial charge in [0.15, 0.2) is 0 Å². The Labute approximate surface area is 176 Å². The fraction of sp³-hybridized carbons (Fsp3) is 0.429. The fourth-order valence-electron chi connectivity index (χ4n) is 2.03. The van der Waals surface area contributed by atoms with Crippen LogP contribution in [0.5, 0.6) is 0 Å². The maximum absolute atomic E-state index is 11.2. The molecule has 2 aromatic heterocycles. The molecular weight excluding hydrogens is 327 g/mol. The summed E-state index contributed by atoms with van der Waals surface area (Å²) in [5, 5.41) is 24.4. The van der Waals surface area contributed by atoms with Gasteiger partial charge in [0, 0.05) is 18.0 Å². The number of hydrogen-bond acceptors (Lipinski definition) is 8. The minimum Gasteiger partial charge on any atom is -0.548 e. The van der Waals surface area contributed by atoms with Gasteiger partial charge in [0.1, 0.15) is 0 Å². The summed E-state index contributed by atoms with van der Waals surface area (Å²) in [4.78, 5) is 20.8. The molecule has 0 fully saturated rings. The van der Waals surface area contributed by atoms with Crippen molar-refractivity contribution in [3.05, 3.63) is 30.4 Å². The summed E-state index contributed by atoms with van der Waals surface area (Å²) >= 11 is 0. The molecule has 23 heavy (non-hydrogen) atoms. The van der Waals surface area contributed by atoms with Crippen LogP contribution in [0.4, 0.5) is 0 Å². The molecule has 8 nitrogen and oxygen atoms in total. The van der Waals surface area contributed by atoms with Gasteiger partial charge in [-0.3, -0.25) is 9.88 Å². The summed E-state index contributed by atoms with van der Waals surface area (Å²) in [6.45, 7) is 1.66. The molecule has 0 aliphatic carbocycles. The summed E-state index contributed by atoms with van der Waals surface area (Å²) in [5.74, 6) is -0.592. The summed E-state index contributed by atoms with van der Waals surface area (Å²) in [6.07, 6.45) is 2.55. The Morgan fingerprint density at radius 3 is 2.83 bits per heavy atom. The van der Waals surface area contributed by atoms with Crippen LogP contribution in [0, 0.1) is 0 Å². The van der Waals surface area contributed by atoms with Crippen molar-refractivity contribution in [1.82, 2.24) is 20.0 Å². The molecule has 0 aliphatic heterocycles. The third-order valence-corrected chi connectivity index (χ3v) is 3.14. The number of aliphatic carboxylic acids is 1. The molecule has 2 aromatic rings. The zero-order chi connectivity index (χ0) is 16.1. The van der Waals surface area contributed by atoms with Crippen molar-refractivity contribution < 1.29 is 70.9 Å². The minimum atomic E-state index is -1.25. The van der Waals surface area contributed by atoms with E-state index in [-0.39, 0.29) is 70.2 Å². The number of nitrogens with zero attached hydrogens (tertiary/aromatic N) is 4. The van der Waals surface area contributed by atoms with Gasteiger partial charge in [-0.25, -0.2) is 0 Å². The van der Waals surface area contributed by atoms with Gasteiger partial charge in [-0.2, -0.15) is 4.98 Å². The van der Waals surface area contributed by atoms with Crippen molar-refractivity contribution in [3.63, 3.8) is 0 Å². The molecule has 2 atom stereocenters. The van der Waals surface area contributed by atoms with Gasteiger partial charge < -0.3 is 19.5 Å². The predicted molar refractivity (Wildman–Crippen MR) is 74.1 cm³/mol. The third-order valence-electron chi connectivity index (χ3n) is 3.14. The predicted octanol–water partition coefficient (Wildman–Crippen LogP) is -3.54. The van der Waals surface area contributed by atoms with E-state index in [1.165, 1.54) is 11.8 Å². The Morgan fingerprint density at radius 2 is 2.26 bits per heavy atom. The molecule has 118 valence electrons. The van der Waals surface area contributed by atoms with Crippen LogP contribution in [-0.2, 0) is 11.3 Å². The van der Waals surface area contributed by atoms with Crippen LogP contribution < -0.4 is 56.5 Å². The van der Waals surface area contributed by atoms with Gasteiger partial charge in [0.05, 0.1) is 24.7 Å². The smallest absolute Gasteiger partial charge is 0.548 e. The number of rotatable bonds is 7. The maximum Gasteiger partial charge on any atom is 1.00 e. The Kier molecular flexibility index (Phi) is 8.47. The molecular formula is C14H17KN4O4. The molecule has 2 heterocycles. The molecule has 0 spiro atoms. The largest absolute Gasteiger partial charge is 1.00 e. The molecule has 0 aromatic carbocycles. The first kappa shape index (κ1) is 20.4. The van der Waals surface area contributed by atoms with Gasteiger partial charge in [0.25, 0.3) is 0 Å². The van der Waals surface area contributed by atoms with Crippen LogP contribution >= 0.6 is 0 Å². The van der Waals surface area contributed by atoms with Crippen molar-refractivity contribution in [3.8, 4) is 11.4 Å². The number of carbonyl (C=O) groups is 1. The summed E-state index contributed by atoms with van der Waals surface area (Å²) in [6, 6.07) is 2.61. The van der Waals surface area contributed by atoms with Crippen LogP contribution in [0.15, 0.2) is 29.0 Å². The van der Waals surface area contributed by atoms with E-state index in [2.05, 4.69) is 15.1 Å². The second-order valence-electron chi connectivity index (χ2n) is 5.09. The molecule has 0 bridgehead atoms. The Bertz CT molecular complexity index is 620. The van der Waals surface area contributed by atoms with Crippen molar-refractivity contribution in [2.45, 2.75) is 32.0 Å². The zero-order valence-corrected chi connectivity index (χ0v) is 16.5. The van der Waals surface area contributed by atoms with E-state index in [4.69, 9.17) is 4.52 Å². The van der Waals surface area contributed by atoms with Gasteiger partial charge in [-0.15, -0.1) is 0 Å². The van der Waals surface area contributed by atoms with E-state index in [0.717, 1.165) is 0 Å². The van der Waals surface area contributed by atoms with Crippen LogP contribution in [0.25, 0.3) is 11.4 Å². The minimum absolute atomic E-state index is 0. The average Bonchev–Trinajstić information content (AvgIpc) is 2.93. The Balaban J connectivity index is 0.00000264. The third kappa shape index (κ3) is 6.03. The number of carboxylic acid groups (broad SMARTS) is 1. The van der Waals surface area contributed by atoms with Gasteiger partial charge >= 0.3 is 51.4 Å². The number of carbonyl (C=O) groups excluding carboxylic acids is 1. The molecule has 1 N–H and O–H groups in total. The maximum atomic E-state index is 11.2. The van der Waals surface area contributed by atoms with Gasteiger partial charge in [0.2, 0.25) is 11.7 Å². The topological polar surface area (TPSA) is 115 Å². The van der Waals surface area contributed by atoms with E-state index in [1.807, 2.05) is 0 Å². The van der Waals surface area contributed by atoms with E-state index in [1.54, 1.807) is 31.6 Å². The molecule has 2 unspecified atom stereocenters. The first-order valence-electron chi connectivity index (χ1n) is 6.79. The average molecular weight is 344 g/mol. The quantitative estimate of drug-likeness (QED) is 0.514. The van der Waals surface area contributed by atoms with Crippen LogP contribution in [0.1, 0.15) is 19.2 Å². The summed E-state index contributed by atoms with van der Waals surface area (Å²) in [5.41, 5.74) is 0.709. The monoisotopic (exact) mass is 344 g/mol. The SMILES string of the molecule is CC(O)CC(C(=O)[O-])N(C)Cc1nc(-c2cccnc2)no1.[K+]. The Morgan fingerprint density at radius 1 is 1.52 bits per heavy atom. The van der Waals surface area contributed by atoms with Crippen LogP contribution in [-0.4, -0.2) is 50.3 Å². The number of aromatic nitrogens is 3. The Hall–Kier alpha value is -0.684. The van der Waals surface area contributed by atoms with Crippen molar-refractivity contribution in [1.29, 1.82) is 0 Å². The molecule has 0 radical (unpaired) electrons. The first-order valence-corrected chi connectivity index (χ1v) is 6.79. The number of aliphatic hydroxyl groups is 1. The number of pyridine rings is 1.